The minimum Gasteiger partial charge on any atom is -0.378 e. The monoisotopic (exact) mass is 258 g/mol. The van der Waals surface area contributed by atoms with Crippen molar-refractivity contribution in [1.29, 1.82) is 0 Å². The minimum absolute atomic E-state index is 0.973. The van der Waals surface area contributed by atoms with E-state index in [1.807, 2.05) is 0 Å². The molecule has 1 N–H and O–H groups in total. The number of anilines is 1. The standard InChI is InChI=1S/C17H26N2/c1-19(2)16-9-3-13(4-10-16)11-18-12-17(14-5-6-14)15-7-8-15/h3-4,9-10,14-15,17-18H,5-8,11-12H2,1-2H3. The van der Waals surface area contributed by atoms with Crippen molar-refractivity contribution in [3.8, 4) is 0 Å². The summed E-state index contributed by atoms with van der Waals surface area (Å²) in [5.41, 5.74) is 2.67. The Bertz CT molecular complexity index is 390. The van der Waals surface area contributed by atoms with Gasteiger partial charge in [0.15, 0.2) is 0 Å². The van der Waals surface area contributed by atoms with Gasteiger partial charge in [-0.25, -0.2) is 0 Å². The first-order valence-electron chi connectivity index (χ1n) is 7.71. The summed E-state index contributed by atoms with van der Waals surface area (Å²) >= 11 is 0. The quantitative estimate of drug-likeness (QED) is 0.807. The number of hydrogen-bond donors (Lipinski definition) is 1. The molecule has 3 rings (SSSR count). The molecular formula is C17H26N2. The number of benzene rings is 1. The van der Waals surface area contributed by atoms with E-state index >= 15 is 0 Å². The van der Waals surface area contributed by atoms with Crippen LogP contribution >= 0.6 is 0 Å². The molecule has 2 fully saturated rings. The van der Waals surface area contributed by atoms with Crippen molar-refractivity contribution in [2.45, 2.75) is 32.2 Å². The number of nitrogens with one attached hydrogen (secondary N) is 1. The predicted molar refractivity (Wildman–Crippen MR) is 81.4 cm³/mol. The van der Waals surface area contributed by atoms with Crippen molar-refractivity contribution in [1.82, 2.24) is 5.32 Å². The lowest BCUT2D eigenvalue weighted by Gasteiger charge is -2.17. The topological polar surface area (TPSA) is 15.3 Å². The molecule has 0 amide bonds. The Morgan fingerprint density at radius 1 is 1.05 bits per heavy atom. The molecule has 2 nitrogen and oxygen atoms in total. The molecule has 104 valence electrons. The lowest BCUT2D eigenvalue weighted by molar-refractivity contribution is 0.378. The summed E-state index contributed by atoms with van der Waals surface area (Å²) in [5.74, 6) is 3.08. The summed E-state index contributed by atoms with van der Waals surface area (Å²) in [4.78, 5) is 2.15. The summed E-state index contributed by atoms with van der Waals surface area (Å²) in [6.45, 7) is 2.24. The second-order valence-corrected chi connectivity index (χ2v) is 6.53. The van der Waals surface area contributed by atoms with Gasteiger partial charge in [0, 0.05) is 26.3 Å². The lowest BCUT2D eigenvalue weighted by Crippen LogP contribution is -2.25. The van der Waals surface area contributed by atoms with Gasteiger partial charge in [-0.05, 0) is 67.7 Å². The van der Waals surface area contributed by atoms with Crippen molar-refractivity contribution >= 4 is 5.69 Å². The first-order valence-corrected chi connectivity index (χ1v) is 7.71. The van der Waals surface area contributed by atoms with Crippen LogP contribution in [0.1, 0.15) is 31.2 Å². The molecule has 2 aliphatic carbocycles. The summed E-state index contributed by atoms with van der Waals surface area (Å²) in [6, 6.07) is 8.89. The Labute approximate surface area is 117 Å². The number of nitrogens with zero attached hydrogens (tertiary/aromatic N) is 1. The average Bonchev–Trinajstić information content (AvgIpc) is 3.28. The molecule has 0 aromatic heterocycles. The van der Waals surface area contributed by atoms with Gasteiger partial charge in [-0.15, -0.1) is 0 Å². The Kier molecular flexibility index (Phi) is 3.79. The summed E-state index contributed by atoms with van der Waals surface area (Å²) in [7, 11) is 4.17. The normalized spacial score (nSPS) is 18.9. The van der Waals surface area contributed by atoms with Gasteiger partial charge >= 0.3 is 0 Å². The molecule has 1 aromatic rings. The van der Waals surface area contributed by atoms with Crippen molar-refractivity contribution < 1.29 is 0 Å². The van der Waals surface area contributed by atoms with Gasteiger partial charge < -0.3 is 10.2 Å². The molecule has 2 heteroatoms. The largest absolute Gasteiger partial charge is 0.378 e. The van der Waals surface area contributed by atoms with Crippen LogP contribution in [0.25, 0.3) is 0 Å². The van der Waals surface area contributed by atoms with E-state index in [9.17, 15) is 0 Å². The van der Waals surface area contributed by atoms with Crippen LogP contribution in [-0.2, 0) is 6.54 Å². The van der Waals surface area contributed by atoms with Crippen molar-refractivity contribution in [2.24, 2.45) is 17.8 Å². The zero-order chi connectivity index (χ0) is 13.2. The van der Waals surface area contributed by atoms with E-state index in [4.69, 9.17) is 0 Å². The molecule has 19 heavy (non-hydrogen) atoms. The highest BCUT2D eigenvalue weighted by Crippen LogP contribution is 2.48. The van der Waals surface area contributed by atoms with Gasteiger partial charge in [0.2, 0.25) is 0 Å². The van der Waals surface area contributed by atoms with Crippen molar-refractivity contribution in [3.63, 3.8) is 0 Å². The third-order valence-corrected chi connectivity index (χ3v) is 4.62. The number of hydrogen-bond acceptors (Lipinski definition) is 2. The fraction of sp³-hybridized carbons (Fsp3) is 0.647. The maximum atomic E-state index is 3.68. The molecule has 0 saturated heterocycles. The summed E-state index contributed by atoms with van der Waals surface area (Å²) < 4.78 is 0. The van der Waals surface area contributed by atoms with E-state index in [0.29, 0.717) is 0 Å². The minimum atomic E-state index is 0.973. The van der Waals surface area contributed by atoms with E-state index in [-0.39, 0.29) is 0 Å². The molecule has 1 aromatic carbocycles. The van der Waals surface area contributed by atoms with Gasteiger partial charge in [-0.2, -0.15) is 0 Å². The third kappa shape index (κ3) is 3.50. The average molecular weight is 258 g/mol. The van der Waals surface area contributed by atoms with E-state index < -0.39 is 0 Å². The molecule has 2 saturated carbocycles. The molecule has 0 atom stereocenters. The lowest BCUT2D eigenvalue weighted by atomic mass is 9.98. The van der Waals surface area contributed by atoms with Crippen LogP contribution in [-0.4, -0.2) is 20.6 Å². The van der Waals surface area contributed by atoms with Crippen LogP contribution in [0.5, 0.6) is 0 Å². The maximum absolute atomic E-state index is 3.68. The van der Waals surface area contributed by atoms with E-state index in [1.165, 1.54) is 43.5 Å². The Balaban J connectivity index is 1.46. The van der Waals surface area contributed by atoms with E-state index in [1.54, 1.807) is 0 Å². The summed E-state index contributed by atoms with van der Waals surface area (Å²) in [6.07, 6.45) is 5.95. The molecule has 0 aliphatic heterocycles. The van der Waals surface area contributed by atoms with E-state index in [0.717, 1.165) is 24.3 Å². The first-order chi connectivity index (χ1) is 9.24. The third-order valence-electron chi connectivity index (χ3n) is 4.62. The van der Waals surface area contributed by atoms with Gasteiger partial charge in [0.1, 0.15) is 0 Å². The molecule has 0 unspecified atom stereocenters. The fourth-order valence-electron chi connectivity index (χ4n) is 3.06. The van der Waals surface area contributed by atoms with Gasteiger partial charge in [0.05, 0.1) is 0 Å². The van der Waals surface area contributed by atoms with Gasteiger partial charge in [-0.1, -0.05) is 12.1 Å². The van der Waals surface area contributed by atoms with Crippen LogP contribution in [0.2, 0.25) is 0 Å². The van der Waals surface area contributed by atoms with Crippen LogP contribution in [0.4, 0.5) is 5.69 Å². The van der Waals surface area contributed by atoms with Crippen LogP contribution in [0.15, 0.2) is 24.3 Å². The van der Waals surface area contributed by atoms with Crippen molar-refractivity contribution in [3.05, 3.63) is 29.8 Å². The molecule has 0 bridgehead atoms. The second kappa shape index (κ2) is 5.54. The van der Waals surface area contributed by atoms with Crippen LogP contribution in [0, 0.1) is 17.8 Å². The molecule has 2 aliphatic rings. The molecule has 0 heterocycles. The molecular weight excluding hydrogens is 232 g/mol. The maximum Gasteiger partial charge on any atom is 0.0361 e. The highest BCUT2D eigenvalue weighted by molar-refractivity contribution is 5.45. The van der Waals surface area contributed by atoms with Crippen LogP contribution < -0.4 is 10.2 Å². The van der Waals surface area contributed by atoms with Gasteiger partial charge in [-0.3, -0.25) is 0 Å². The Hall–Kier alpha value is -1.02. The zero-order valence-electron chi connectivity index (χ0n) is 12.2. The van der Waals surface area contributed by atoms with E-state index in [2.05, 4.69) is 48.6 Å². The van der Waals surface area contributed by atoms with Gasteiger partial charge in [0.25, 0.3) is 0 Å². The summed E-state index contributed by atoms with van der Waals surface area (Å²) in [5, 5.41) is 3.68. The first kappa shape index (κ1) is 13.0. The van der Waals surface area contributed by atoms with Crippen LogP contribution in [0.3, 0.4) is 0 Å². The highest BCUT2D eigenvalue weighted by Gasteiger charge is 2.40. The fourth-order valence-corrected chi connectivity index (χ4v) is 3.06. The second-order valence-electron chi connectivity index (χ2n) is 6.53. The number of rotatable bonds is 7. The zero-order valence-corrected chi connectivity index (χ0v) is 12.2. The molecule has 0 spiro atoms. The van der Waals surface area contributed by atoms with Crippen molar-refractivity contribution in [2.75, 3.05) is 25.5 Å². The smallest absolute Gasteiger partial charge is 0.0361 e. The SMILES string of the molecule is CN(C)c1ccc(CNCC(C2CC2)C2CC2)cc1. The predicted octanol–water partition coefficient (Wildman–Crippen LogP) is 3.28. The highest BCUT2D eigenvalue weighted by atomic mass is 15.1. The Morgan fingerprint density at radius 2 is 1.63 bits per heavy atom. The Morgan fingerprint density at radius 3 is 2.11 bits per heavy atom. The molecule has 0 radical (unpaired) electrons.